The highest BCUT2D eigenvalue weighted by molar-refractivity contribution is 6.31. The summed E-state index contributed by atoms with van der Waals surface area (Å²) in [6.45, 7) is 0.510. The van der Waals surface area contributed by atoms with E-state index in [4.69, 9.17) is 37.9 Å². The van der Waals surface area contributed by atoms with Crippen molar-refractivity contribution in [2.75, 3.05) is 0 Å². The highest BCUT2D eigenvalue weighted by Crippen LogP contribution is 2.43. The molecular formula is C31H19Cl2N3O2. The Morgan fingerprint density at radius 3 is 1.97 bits per heavy atom. The zero-order valence-electron chi connectivity index (χ0n) is 20.0. The molecule has 2 aromatic heterocycles. The van der Waals surface area contributed by atoms with Gasteiger partial charge in [0.15, 0.2) is 5.75 Å². The first kappa shape index (κ1) is 23.0. The lowest BCUT2D eigenvalue weighted by Crippen LogP contribution is -2.24. The van der Waals surface area contributed by atoms with Crippen LogP contribution in [-0.4, -0.2) is 14.5 Å². The molecule has 0 atom stereocenters. The van der Waals surface area contributed by atoms with Crippen LogP contribution in [0.15, 0.2) is 95.8 Å². The topological polar surface area (TPSA) is 57.0 Å². The summed E-state index contributed by atoms with van der Waals surface area (Å²) < 4.78 is 8.28. The molecule has 184 valence electrons. The average molecular weight is 536 g/mol. The number of hydrogen-bond acceptors (Lipinski definition) is 4. The summed E-state index contributed by atoms with van der Waals surface area (Å²) >= 11 is 12.4. The van der Waals surface area contributed by atoms with E-state index in [2.05, 4.69) is 6.07 Å². The van der Waals surface area contributed by atoms with Gasteiger partial charge in [0.2, 0.25) is 0 Å². The molecule has 7 heteroatoms. The van der Waals surface area contributed by atoms with E-state index in [1.54, 1.807) is 10.6 Å². The number of ether oxygens (including phenoxy) is 1. The van der Waals surface area contributed by atoms with E-state index in [9.17, 15) is 4.79 Å². The van der Waals surface area contributed by atoms with Gasteiger partial charge in [0.1, 0.15) is 12.3 Å². The maximum atomic E-state index is 13.4. The lowest BCUT2D eigenvalue weighted by Gasteiger charge is -2.24. The molecular weight excluding hydrogens is 517 g/mol. The number of fused-ring (bicyclic) bond motifs is 2. The molecule has 5 nitrogen and oxygen atoms in total. The molecule has 0 bridgehead atoms. The largest absolute Gasteiger partial charge is 0.484 e. The van der Waals surface area contributed by atoms with Crippen molar-refractivity contribution < 1.29 is 4.74 Å². The molecule has 0 unspecified atom stereocenters. The quantitative estimate of drug-likeness (QED) is 0.230. The lowest BCUT2D eigenvalue weighted by molar-refractivity contribution is 0.300. The van der Waals surface area contributed by atoms with E-state index in [1.807, 2.05) is 78.9 Å². The number of benzene rings is 4. The number of hydrogen-bond donors (Lipinski definition) is 0. The fraction of sp³-hybridized carbons (Fsp3) is 0.0645. The van der Waals surface area contributed by atoms with Crippen molar-refractivity contribution in [3.05, 3.63) is 123 Å². The second-order valence-electron chi connectivity index (χ2n) is 9.23. The van der Waals surface area contributed by atoms with Crippen LogP contribution in [0.25, 0.3) is 44.2 Å². The van der Waals surface area contributed by atoms with E-state index in [0.29, 0.717) is 27.2 Å². The van der Waals surface area contributed by atoms with Crippen molar-refractivity contribution in [3.8, 4) is 28.0 Å². The Kier molecular flexibility index (Phi) is 5.43. The number of halogens is 2. The van der Waals surface area contributed by atoms with Crippen LogP contribution >= 0.6 is 23.2 Å². The Morgan fingerprint density at radius 1 is 0.711 bits per heavy atom. The SMILES string of the molecule is O=c1ccc2c(-c3ccc(Cl)cc3)cc(-c3ccc(Cl)cc3)c3c2n1Cc1nc2ccccc2nc1CO3. The van der Waals surface area contributed by atoms with Gasteiger partial charge in [0.05, 0.1) is 28.8 Å². The number of nitrogens with zero attached hydrogens (tertiary/aromatic N) is 3. The third-order valence-electron chi connectivity index (χ3n) is 6.92. The second kappa shape index (κ2) is 8.98. The molecule has 0 N–H and O–H groups in total. The van der Waals surface area contributed by atoms with Gasteiger partial charge < -0.3 is 4.74 Å². The average Bonchev–Trinajstić information content (AvgIpc) is 2.92. The highest BCUT2D eigenvalue weighted by atomic mass is 35.5. The molecule has 0 radical (unpaired) electrons. The maximum Gasteiger partial charge on any atom is 0.251 e. The summed E-state index contributed by atoms with van der Waals surface area (Å²) in [5.41, 5.74) is 7.31. The molecule has 1 aliphatic rings. The van der Waals surface area contributed by atoms with Gasteiger partial charge in [0.25, 0.3) is 5.56 Å². The Bertz CT molecular complexity index is 1930. The van der Waals surface area contributed by atoms with E-state index in [1.165, 1.54) is 0 Å². The fourth-order valence-electron chi connectivity index (χ4n) is 5.08. The minimum absolute atomic E-state index is 0.138. The standard InChI is InChI=1S/C31H19Cl2N3O2/c32-20-9-5-18(6-10-20)23-15-24(19-7-11-21(33)12-8-19)31-30-22(23)13-14-29(37)36(30)16-27-28(17-38-31)35-26-4-2-1-3-25(26)34-27/h1-15H,16-17H2. The number of pyridine rings is 1. The van der Waals surface area contributed by atoms with Crippen LogP contribution in [0.2, 0.25) is 10.0 Å². The molecule has 0 amide bonds. The monoisotopic (exact) mass is 535 g/mol. The van der Waals surface area contributed by atoms with Crippen molar-refractivity contribution >= 4 is 45.1 Å². The van der Waals surface area contributed by atoms with Crippen molar-refractivity contribution in [2.24, 2.45) is 0 Å². The normalized spacial score (nSPS) is 12.6. The van der Waals surface area contributed by atoms with E-state index >= 15 is 0 Å². The fourth-order valence-corrected chi connectivity index (χ4v) is 5.33. The minimum atomic E-state index is -0.138. The summed E-state index contributed by atoms with van der Waals surface area (Å²) in [5.74, 6) is 0.623. The molecule has 4 aromatic carbocycles. The first-order chi connectivity index (χ1) is 18.5. The van der Waals surface area contributed by atoms with Crippen LogP contribution in [0.1, 0.15) is 11.4 Å². The first-order valence-electron chi connectivity index (χ1n) is 12.1. The van der Waals surface area contributed by atoms with Gasteiger partial charge in [-0.1, -0.05) is 59.6 Å². The third-order valence-corrected chi connectivity index (χ3v) is 7.42. The lowest BCUT2D eigenvalue weighted by atomic mass is 9.93. The molecule has 38 heavy (non-hydrogen) atoms. The predicted octanol–water partition coefficient (Wildman–Crippen LogP) is 7.53. The summed E-state index contributed by atoms with van der Waals surface area (Å²) in [6.07, 6.45) is 0. The van der Waals surface area contributed by atoms with Crippen molar-refractivity contribution in [2.45, 2.75) is 13.2 Å². The van der Waals surface area contributed by atoms with E-state index < -0.39 is 0 Å². The van der Waals surface area contributed by atoms with Crippen LogP contribution in [0.5, 0.6) is 5.75 Å². The Hall–Kier alpha value is -4.19. The molecule has 6 aromatic rings. The third kappa shape index (κ3) is 3.83. The Balaban J connectivity index is 1.56. The Morgan fingerprint density at radius 2 is 1.32 bits per heavy atom. The van der Waals surface area contributed by atoms with Crippen LogP contribution in [0, 0.1) is 0 Å². The van der Waals surface area contributed by atoms with Gasteiger partial charge in [-0.15, -0.1) is 0 Å². The summed E-state index contributed by atoms with van der Waals surface area (Å²) in [7, 11) is 0. The van der Waals surface area contributed by atoms with Gasteiger partial charge in [0, 0.05) is 27.1 Å². The zero-order valence-corrected chi connectivity index (χ0v) is 21.5. The summed E-state index contributed by atoms with van der Waals surface area (Å²) in [4.78, 5) is 23.1. The Labute approximate surface area is 227 Å². The number of aromatic nitrogens is 3. The van der Waals surface area contributed by atoms with Gasteiger partial charge in [-0.25, -0.2) is 9.97 Å². The number of para-hydroxylation sites is 2. The maximum absolute atomic E-state index is 13.4. The molecule has 1 aliphatic heterocycles. The molecule has 0 spiro atoms. The molecule has 7 rings (SSSR count). The predicted molar refractivity (Wildman–Crippen MR) is 152 cm³/mol. The highest BCUT2D eigenvalue weighted by Gasteiger charge is 2.24. The smallest absolute Gasteiger partial charge is 0.251 e. The van der Waals surface area contributed by atoms with E-state index in [-0.39, 0.29) is 18.7 Å². The van der Waals surface area contributed by atoms with Crippen LogP contribution in [-0.2, 0) is 13.2 Å². The summed E-state index contributed by atoms with van der Waals surface area (Å²) in [6, 6.07) is 28.6. The number of rotatable bonds is 2. The minimum Gasteiger partial charge on any atom is -0.484 e. The van der Waals surface area contributed by atoms with Gasteiger partial charge >= 0.3 is 0 Å². The molecule has 0 saturated heterocycles. The zero-order chi connectivity index (χ0) is 25.8. The van der Waals surface area contributed by atoms with Gasteiger partial charge in [-0.2, -0.15) is 0 Å². The summed E-state index contributed by atoms with van der Waals surface area (Å²) in [5, 5.41) is 2.20. The first-order valence-corrected chi connectivity index (χ1v) is 12.9. The van der Waals surface area contributed by atoms with Crippen molar-refractivity contribution in [1.29, 1.82) is 0 Å². The van der Waals surface area contributed by atoms with E-state index in [0.717, 1.165) is 44.2 Å². The van der Waals surface area contributed by atoms with Gasteiger partial charge in [-0.05, 0) is 65.2 Å². The molecule has 3 heterocycles. The van der Waals surface area contributed by atoms with Crippen LogP contribution in [0.4, 0.5) is 0 Å². The molecule has 0 aliphatic carbocycles. The second-order valence-corrected chi connectivity index (χ2v) is 10.1. The van der Waals surface area contributed by atoms with Crippen molar-refractivity contribution in [1.82, 2.24) is 14.5 Å². The van der Waals surface area contributed by atoms with Crippen molar-refractivity contribution in [3.63, 3.8) is 0 Å². The molecule has 0 fully saturated rings. The van der Waals surface area contributed by atoms with Gasteiger partial charge in [-0.3, -0.25) is 9.36 Å². The van der Waals surface area contributed by atoms with Crippen LogP contribution in [0.3, 0.4) is 0 Å². The molecule has 0 saturated carbocycles. The van der Waals surface area contributed by atoms with Crippen LogP contribution < -0.4 is 10.3 Å².